The smallest absolute Gasteiger partial charge is 0.326 e. The van der Waals surface area contributed by atoms with Crippen LogP contribution in [0.4, 0.5) is 22.1 Å². The minimum absolute atomic E-state index is 0.0906. The maximum absolute atomic E-state index is 12.9. The number of aromatic nitrogens is 2. The van der Waals surface area contributed by atoms with Gasteiger partial charge in [-0.15, -0.1) is 0 Å². The first-order valence-electron chi connectivity index (χ1n) is 12.7. The predicted octanol–water partition coefficient (Wildman–Crippen LogP) is 5.26. The van der Waals surface area contributed by atoms with Gasteiger partial charge in [0.1, 0.15) is 0 Å². The summed E-state index contributed by atoms with van der Waals surface area (Å²) in [5, 5.41) is 24.8. The summed E-state index contributed by atoms with van der Waals surface area (Å²) < 4.78 is 1.86. The van der Waals surface area contributed by atoms with Crippen molar-refractivity contribution in [2.24, 2.45) is 5.92 Å². The van der Waals surface area contributed by atoms with Crippen molar-refractivity contribution in [3.63, 3.8) is 0 Å². The lowest BCUT2D eigenvalue weighted by molar-refractivity contribution is -0.119. The minimum atomic E-state index is -0.897. The number of nitrogens with one attached hydrogen (secondary N) is 2. The van der Waals surface area contributed by atoms with Gasteiger partial charge in [0.2, 0.25) is 11.9 Å². The van der Waals surface area contributed by atoms with Crippen LogP contribution in [0.3, 0.4) is 0 Å². The number of carbonyl (C=O) groups excluding carboxylic acids is 2. The lowest BCUT2D eigenvalue weighted by atomic mass is 10.0. The molecule has 194 valence electrons. The maximum atomic E-state index is 12.9. The third kappa shape index (κ3) is 6.66. The molecule has 3 amide bonds. The highest BCUT2D eigenvalue weighted by molar-refractivity contribution is 6.00. The number of rotatable bonds is 8. The van der Waals surface area contributed by atoms with E-state index in [4.69, 9.17) is 5.26 Å². The summed E-state index contributed by atoms with van der Waals surface area (Å²) in [4.78, 5) is 32.0. The highest BCUT2D eigenvalue weighted by Crippen LogP contribution is 2.30. The van der Waals surface area contributed by atoms with E-state index in [-0.39, 0.29) is 5.91 Å². The molecule has 1 saturated carbocycles. The molecule has 1 aromatic heterocycles. The average Bonchev–Trinajstić information content (AvgIpc) is 3.49. The Bertz CT molecular complexity index is 1310. The molecule has 1 heterocycles. The fourth-order valence-electron chi connectivity index (χ4n) is 4.67. The summed E-state index contributed by atoms with van der Waals surface area (Å²) in [7, 11) is 1.79. The zero-order valence-corrected chi connectivity index (χ0v) is 21.6. The highest BCUT2D eigenvalue weighted by Gasteiger charge is 2.23. The normalized spacial score (nSPS) is 13.9. The Hall–Kier alpha value is -3.90. The summed E-state index contributed by atoms with van der Waals surface area (Å²) >= 11 is 0. The molecular formula is C28H34N6O3. The van der Waals surface area contributed by atoms with Crippen molar-refractivity contribution in [1.29, 1.82) is 5.26 Å². The Morgan fingerprint density at radius 3 is 2.51 bits per heavy atom. The van der Waals surface area contributed by atoms with Crippen LogP contribution in [0.15, 0.2) is 42.5 Å². The van der Waals surface area contributed by atoms with Gasteiger partial charge in [0.15, 0.2) is 0 Å². The zero-order chi connectivity index (χ0) is 26.6. The van der Waals surface area contributed by atoms with Crippen molar-refractivity contribution in [3.8, 4) is 6.07 Å². The molecule has 9 nitrogen and oxygen atoms in total. The Morgan fingerprint density at radius 2 is 1.86 bits per heavy atom. The molecule has 1 fully saturated rings. The molecule has 0 spiro atoms. The largest absolute Gasteiger partial charge is 0.390 e. The molecule has 0 unspecified atom stereocenters. The summed E-state index contributed by atoms with van der Waals surface area (Å²) in [5.74, 6) is 0.889. The van der Waals surface area contributed by atoms with Crippen molar-refractivity contribution in [2.45, 2.75) is 64.5 Å². The minimum Gasteiger partial charge on any atom is -0.390 e. The second-order valence-electron chi connectivity index (χ2n) is 10.4. The van der Waals surface area contributed by atoms with Crippen LogP contribution >= 0.6 is 0 Å². The van der Waals surface area contributed by atoms with Crippen LogP contribution in [-0.2, 0) is 11.3 Å². The monoisotopic (exact) mass is 502 g/mol. The predicted molar refractivity (Wildman–Crippen MR) is 144 cm³/mol. The molecule has 3 aromatic rings. The Balaban J connectivity index is 1.56. The lowest BCUT2D eigenvalue weighted by Gasteiger charge is -2.20. The van der Waals surface area contributed by atoms with Gasteiger partial charge in [-0.05, 0) is 81.5 Å². The van der Waals surface area contributed by atoms with Crippen LogP contribution in [0, 0.1) is 17.2 Å². The Kier molecular flexibility index (Phi) is 7.79. The van der Waals surface area contributed by atoms with Crippen molar-refractivity contribution in [1.82, 2.24) is 9.55 Å². The van der Waals surface area contributed by atoms with Gasteiger partial charge in [0.05, 0.1) is 28.3 Å². The number of nitrogens with zero attached hydrogens (tertiary/aromatic N) is 4. The van der Waals surface area contributed by atoms with Crippen molar-refractivity contribution in [2.75, 3.05) is 22.6 Å². The second kappa shape index (κ2) is 11.0. The number of aliphatic hydroxyl groups is 1. The van der Waals surface area contributed by atoms with E-state index in [2.05, 4.69) is 15.6 Å². The van der Waals surface area contributed by atoms with Gasteiger partial charge in [-0.3, -0.25) is 10.1 Å². The van der Waals surface area contributed by atoms with E-state index < -0.39 is 11.6 Å². The third-order valence-electron chi connectivity index (χ3n) is 6.88. The van der Waals surface area contributed by atoms with Crippen molar-refractivity contribution >= 4 is 40.3 Å². The van der Waals surface area contributed by atoms with E-state index in [1.54, 1.807) is 50.1 Å². The third-order valence-corrected chi connectivity index (χ3v) is 6.88. The number of imidazole rings is 1. The van der Waals surface area contributed by atoms with E-state index in [1.165, 1.54) is 12.8 Å². The average molecular weight is 503 g/mol. The van der Waals surface area contributed by atoms with E-state index in [1.807, 2.05) is 28.8 Å². The van der Waals surface area contributed by atoms with Gasteiger partial charge in [-0.2, -0.15) is 5.26 Å². The number of urea groups is 1. The first-order chi connectivity index (χ1) is 17.6. The van der Waals surface area contributed by atoms with Gasteiger partial charge in [-0.1, -0.05) is 12.8 Å². The van der Waals surface area contributed by atoms with Crippen LogP contribution in [0.5, 0.6) is 0 Å². The SMILES string of the molecule is CN(C(=O)CC1CCCC1)c1ccc2c(c1)nc(NC(=O)Nc1ccc(C#N)cc1)n2CCC(C)(C)O. The van der Waals surface area contributed by atoms with E-state index >= 15 is 0 Å². The molecule has 37 heavy (non-hydrogen) atoms. The summed E-state index contributed by atoms with van der Waals surface area (Å²) in [6.45, 7) is 3.90. The molecule has 9 heteroatoms. The van der Waals surface area contributed by atoms with Gasteiger partial charge >= 0.3 is 6.03 Å². The number of hydrogen-bond donors (Lipinski definition) is 3. The molecular weight excluding hydrogens is 468 g/mol. The van der Waals surface area contributed by atoms with Gasteiger partial charge in [0.25, 0.3) is 0 Å². The number of aryl methyl sites for hydroxylation is 1. The molecule has 2 aromatic carbocycles. The number of fused-ring (bicyclic) bond motifs is 1. The fraction of sp³-hybridized carbons (Fsp3) is 0.429. The number of carbonyl (C=O) groups is 2. The summed E-state index contributed by atoms with van der Waals surface area (Å²) in [5.41, 5.74) is 2.32. The fourth-order valence-corrected chi connectivity index (χ4v) is 4.67. The number of benzene rings is 2. The van der Waals surface area contributed by atoms with Crippen LogP contribution in [-0.4, -0.2) is 39.2 Å². The second-order valence-corrected chi connectivity index (χ2v) is 10.4. The zero-order valence-electron chi connectivity index (χ0n) is 21.6. The van der Waals surface area contributed by atoms with Crippen LogP contribution in [0.1, 0.15) is 57.9 Å². The first-order valence-corrected chi connectivity index (χ1v) is 12.7. The summed E-state index contributed by atoms with van der Waals surface area (Å²) in [6, 6.07) is 13.8. The lowest BCUT2D eigenvalue weighted by Crippen LogP contribution is -2.27. The molecule has 0 atom stereocenters. The molecule has 0 bridgehead atoms. The van der Waals surface area contributed by atoms with Crippen molar-refractivity contribution < 1.29 is 14.7 Å². The van der Waals surface area contributed by atoms with Crippen molar-refractivity contribution in [3.05, 3.63) is 48.0 Å². The summed E-state index contributed by atoms with van der Waals surface area (Å²) in [6.07, 6.45) is 5.63. The molecule has 1 aliphatic rings. The van der Waals surface area contributed by atoms with Gasteiger partial charge < -0.3 is 19.9 Å². The quantitative estimate of drug-likeness (QED) is 0.388. The number of nitriles is 1. The van der Waals surface area contributed by atoms with Crippen LogP contribution in [0.2, 0.25) is 0 Å². The van der Waals surface area contributed by atoms with Gasteiger partial charge in [-0.25, -0.2) is 9.78 Å². The standard InChI is InChI=1S/C28H34N6O3/c1-28(2,37)14-15-34-24-13-12-22(33(3)25(35)16-19-6-4-5-7-19)17-23(24)31-26(34)32-27(36)30-21-10-8-20(18-29)9-11-21/h8-13,17,19,37H,4-7,14-16H2,1-3H3,(H2,30,31,32,36). The van der Waals surface area contributed by atoms with E-state index in [0.29, 0.717) is 48.0 Å². The molecule has 0 radical (unpaired) electrons. The van der Waals surface area contributed by atoms with Gasteiger partial charge in [0, 0.05) is 31.4 Å². The molecule has 0 saturated heterocycles. The highest BCUT2D eigenvalue weighted by atomic mass is 16.3. The number of amides is 3. The molecule has 3 N–H and O–H groups in total. The molecule has 1 aliphatic carbocycles. The topological polar surface area (TPSA) is 123 Å². The Labute approximate surface area is 217 Å². The maximum Gasteiger partial charge on any atom is 0.326 e. The Morgan fingerprint density at radius 1 is 1.16 bits per heavy atom. The van der Waals surface area contributed by atoms with E-state index in [9.17, 15) is 14.7 Å². The number of anilines is 3. The van der Waals surface area contributed by atoms with Crippen LogP contribution in [0.25, 0.3) is 11.0 Å². The molecule has 0 aliphatic heterocycles. The first kappa shape index (κ1) is 26.2. The molecule has 4 rings (SSSR count). The number of hydrogen-bond acceptors (Lipinski definition) is 5. The van der Waals surface area contributed by atoms with E-state index in [0.717, 1.165) is 24.0 Å². The van der Waals surface area contributed by atoms with Crippen LogP contribution < -0.4 is 15.5 Å².